The molecule has 0 saturated heterocycles. The Morgan fingerprint density at radius 3 is 2.30 bits per heavy atom. The Hall–Kier alpha value is -3.02. The minimum atomic E-state index is -3.64. The number of aromatic nitrogens is 2. The fourth-order valence-electron chi connectivity index (χ4n) is 3.05. The van der Waals surface area contributed by atoms with Crippen molar-refractivity contribution in [2.45, 2.75) is 44.8 Å². The number of aromatic hydroxyl groups is 1. The summed E-state index contributed by atoms with van der Waals surface area (Å²) in [6.07, 6.45) is 0.712. The second-order valence-electron chi connectivity index (χ2n) is 8.00. The van der Waals surface area contributed by atoms with Crippen LogP contribution in [0.4, 0.5) is 5.95 Å². The second-order valence-corrected chi connectivity index (χ2v) is 10.0. The highest BCUT2D eigenvalue weighted by Gasteiger charge is 2.22. The molecule has 1 aromatic heterocycles. The highest BCUT2D eigenvalue weighted by atomic mass is 32.2. The van der Waals surface area contributed by atoms with E-state index in [0.717, 1.165) is 10.6 Å². The lowest BCUT2D eigenvalue weighted by atomic mass is 9.97. The summed E-state index contributed by atoms with van der Waals surface area (Å²) in [5.74, 6) is -1.57. The summed E-state index contributed by atoms with van der Waals surface area (Å²) in [5.41, 5.74) is 1.97. The normalized spacial score (nSPS) is 13.9. The summed E-state index contributed by atoms with van der Waals surface area (Å²) in [6.45, 7) is 3.73. The van der Waals surface area contributed by atoms with E-state index < -0.39 is 34.6 Å². The number of phenols is 1. The number of anilines is 1. The lowest BCUT2D eigenvalue weighted by molar-refractivity contribution is -0.307. The maximum Gasteiger partial charge on any atom is 0.239 e. The number of sulfonamides is 1. The van der Waals surface area contributed by atoms with Crippen molar-refractivity contribution in [1.29, 1.82) is 0 Å². The number of benzene rings is 1. The molecule has 1 heterocycles. The monoisotopic (exact) mass is 478 g/mol. The molecule has 2 aromatic rings. The molecule has 0 aliphatic rings. The number of carboxylic acid groups (broad SMARTS) is 1. The molecule has 3 N–H and O–H groups in total. The highest BCUT2D eigenvalue weighted by molar-refractivity contribution is 7.92. The van der Waals surface area contributed by atoms with E-state index in [2.05, 4.69) is 9.97 Å². The van der Waals surface area contributed by atoms with E-state index in [0.29, 0.717) is 22.5 Å². The van der Waals surface area contributed by atoms with E-state index in [1.807, 2.05) is 13.8 Å². The van der Waals surface area contributed by atoms with E-state index in [4.69, 9.17) is 0 Å². The van der Waals surface area contributed by atoms with Gasteiger partial charge >= 0.3 is 0 Å². The number of aliphatic hydroxyl groups is 2. The molecule has 2 atom stereocenters. The van der Waals surface area contributed by atoms with Gasteiger partial charge in [0.1, 0.15) is 5.75 Å². The third kappa shape index (κ3) is 7.24. The van der Waals surface area contributed by atoms with E-state index in [-0.39, 0.29) is 24.0 Å². The van der Waals surface area contributed by atoms with Crippen LogP contribution in [0.2, 0.25) is 0 Å². The Bertz CT molecular complexity index is 1120. The summed E-state index contributed by atoms with van der Waals surface area (Å²) >= 11 is 0. The van der Waals surface area contributed by atoms with Crippen molar-refractivity contribution in [3.63, 3.8) is 0 Å². The summed E-state index contributed by atoms with van der Waals surface area (Å²) in [6, 6.07) is 6.16. The third-order valence-corrected chi connectivity index (χ3v) is 5.99. The minimum Gasteiger partial charge on any atom is -0.550 e. The van der Waals surface area contributed by atoms with E-state index in [1.54, 1.807) is 18.2 Å². The fourth-order valence-corrected chi connectivity index (χ4v) is 3.43. The van der Waals surface area contributed by atoms with Crippen molar-refractivity contribution in [2.24, 2.45) is 0 Å². The maximum atomic E-state index is 12.1. The number of rotatable bonds is 10. The summed E-state index contributed by atoms with van der Waals surface area (Å²) in [5, 5.41) is 40.3. The molecule has 0 unspecified atom stereocenters. The fraction of sp³-hybridized carbons (Fsp3) is 0.409. The van der Waals surface area contributed by atoms with E-state index >= 15 is 0 Å². The zero-order chi connectivity index (χ0) is 24.9. The Morgan fingerprint density at radius 1 is 1.18 bits per heavy atom. The molecule has 0 amide bonds. The number of phenolic OH excluding ortho intramolecular Hbond substituents is 1. The number of nitrogens with zero attached hydrogens (tertiary/aromatic N) is 3. The Morgan fingerprint density at radius 2 is 1.79 bits per heavy atom. The van der Waals surface area contributed by atoms with Gasteiger partial charge in [0, 0.05) is 37.0 Å². The Balaban J connectivity index is 2.61. The van der Waals surface area contributed by atoms with E-state index in [1.165, 1.54) is 25.3 Å². The van der Waals surface area contributed by atoms with Crippen molar-refractivity contribution in [3.8, 4) is 17.0 Å². The molecular weight excluding hydrogens is 450 g/mol. The number of carbonyl (C=O) groups is 1. The molecule has 0 bridgehead atoms. The van der Waals surface area contributed by atoms with Crippen LogP contribution in [0.5, 0.6) is 5.75 Å². The average Bonchev–Trinajstić information content (AvgIpc) is 2.70. The van der Waals surface area contributed by atoms with Gasteiger partial charge in [-0.25, -0.2) is 22.7 Å². The van der Waals surface area contributed by atoms with Crippen molar-refractivity contribution < 1.29 is 33.6 Å². The van der Waals surface area contributed by atoms with Crippen molar-refractivity contribution >= 4 is 28.0 Å². The van der Waals surface area contributed by atoms with Gasteiger partial charge in [-0.15, -0.1) is 0 Å². The Labute approximate surface area is 192 Å². The molecule has 0 fully saturated rings. The standard InChI is InChI=1S/C22H29N3O7S/c1-13(2)20-18(10-9-16(27)11-17(28)12-19(29)30)21(14-5-7-15(26)8-6-14)24-22(23-20)25(3)33(4,31)32/h5-10,13,16-17,26-28H,11-12H2,1-4H3,(H,29,30)/p-1/b10-9+/t16-,17-/m1/s1. The van der Waals surface area contributed by atoms with Crippen LogP contribution < -0.4 is 9.41 Å². The van der Waals surface area contributed by atoms with Gasteiger partial charge in [0.15, 0.2) is 0 Å². The van der Waals surface area contributed by atoms with Crippen molar-refractivity contribution in [1.82, 2.24) is 9.97 Å². The molecule has 10 nitrogen and oxygen atoms in total. The number of aliphatic carboxylic acids is 1. The van der Waals surface area contributed by atoms with Crippen molar-refractivity contribution in [3.05, 3.63) is 41.6 Å². The van der Waals surface area contributed by atoms with Gasteiger partial charge in [0.05, 0.1) is 29.9 Å². The Kier molecular flexibility index (Phi) is 8.53. The van der Waals surface area contributed by atoms with Crippen LogP contribution in [-0.2, 0) is 14.8 Å². The molecule has 180 valence electrons. The maximum absolute atomic E-state index is 12.1. The van der Waals surface area contributed by atoms with Crippen LogP contribution in [0.15, 0.2) is 30.3 Å². The van der Waals surface area contributed by atoms with Gasteiger partial charge in [0.2, 0.25) is 16.0 Å². The number of carboxylic acids is 1. The molecule has 0 spiro atoms. The molecule has 0 aliphatic heterocycles. The van der Waals surface area contributed by atoms with Gasteiger partial charge in [-0.2, -0.15) is 0 Å². The summed E-state index contributed by atoms with van der Waals surface area (Å²) in [7, 11) is -2.30. The second kappa shape index (κ2) is 10.7. The zero-order valence-corrected chi connectivity index (χ0v) is 19.7. The van der Waals surface area contributed by atoms with Crippen LogP contribution in [0, 0.1) is 0 Å². The smallest absolute Gasteiger partial charge is 0.239 e. The first kappa shape index (κ1) is 26.2. The predicted molar refractivity (Wildman–Crippen MR) is 122 cm³/mol. The number of hydrogen-bond acceptors (Lipinski definition) is 9. The summed E-state index contributed by atoms with van der Waals surface area (Å²) < 4.78 is 25.1. The third-order valence-electron chi connectivity index (χ3n) is 4.83. The highest BCUT2D eigenvalue weighted by Crippen LogP contribution is 2.32. The zero-order valence-electron chi connectivity index (χ0n) is 18.8. The lowest BCUT2D eigenvalue weighted by Gasteiger charge is -2.20. The predicted octanol–water partition coefficient (Wildman–Crippen LogP) is 0.633. The average molecular weight is 479 g/mol. The van der Waals surface area contributed by atoms with Crippen LogP contribution in [-0.4, -0.2) is 65.2 Å². The largest absolute Gasteiger partial charge is 0.550 e. The number of carbonyl (C=O) groups excluding carboxylic acids is 1. The van der Waals surface area contributed by atoms with Gasteiger partial charge in [-0.1, -0.05) is 26.0 Å². The molecule has 0 aliphatic carbocycles. The molecule has 1 aromatic carbocycles. The van der Waals surface area contributed by atoms with Crippen LogP contribution >= 0.6 is 0 Å². The van der Waals surface area contributed by atoms with Gasteiger partial charge < -0.3 is 25.2 Å². The number of aliphatic hydroxyl groups excluding tert-OH is 2. The van der Waals surface area contributed by atoms with Crippen LogP contribution in [0.25, 0.3) is 17.3 Å². The van der Waals surface area contributed by atoms with Crippen LogP contribution in [0.3, 0.4) is 0 Å². The molecule has 0 radical (unpaired) electrons. The minimum absolute atomic E-state index is 0.0358. The van der Waals surface area contributed by atoms with Gasteiger partial charge in [-0.3, -0.25) is 0 Å². The molecule has 0 saturated carbocycles. The molecule has 11 heteroatoms. The van der Waals surface area contributed by atoms with E-state index in [9.17, 15) is 33.6 Å². The first-order chi connectivity index (χ1) is 15.3. The molecule has 2 rings (SSSR count). The number of hydrogen-bond donors (Lipinski definition) is 3. The van der Waals surface area contributed by atoms with Gasteiger partial charge in [0.25, 0.3) is 0 Å². The van der Waals surface area contributed by atoms with Crippen molar-refractivity contribution in [2.75, 3.05) is 17.6 Å². The van der Waals surface area contributed by atoms with Gasteiger partial charge in [-0.05, 0) is 30.2 Å². The SMILES string of the molecule is CC(C)c1nc(N(C)S(C)(=O)=O)nc(-c2ccc(O)cc2)c1/C=C/[C@@H](O)C[C@@H](O)CC(=O)[O-]. The molecular formula is C22H28N3O7S-. The quantitative estimate of drug-likeness (QED) is 0.444. The lowest BCUT2D eigenvalue weighted by Crippen LogP contribution is -2.29. The summed E-state index contributed by atoms with van der Waals surface area (Å²) in [4.78, 5) is 19.5. The topological polar surface area (TPSA) is 164 Å². The molecule has 33 heavy (non-hydrogen) atoms. The first-order valence-electron chi connectivity index (χ1n) is 10.2. The van der Waals surface area contributed by atoms with Crippen LogP contribution in [0.1, 0.15) is 43.9 Å². The first-order valence-corrected chi connectivity index (χ1v) is 12.0.